The largest absolute Gasteiger partial charge is 0.312 e. The van der Waals surface area contributed by atoms with Gasteiger partial charge in [0.25, 0.3) is 0 Å². The van der Waals surface area contributed by atoms with Crippen LogP contribution < -0.4 is 5.32 Å². The molecule has 0 heterocycles. The molecular formula is C10H22N2OS. The first kappa shape index (κ1) is 13.9. The van der Waals surface area contributed by atoms with E-state index in [4.69, 9.17) is 0 Å². The van der Waals surface area contributed by atoms with Crippen LogP contribution in [0.15, 0.2) is 0 Å². The number of hydrogen-bond acceptors (Lipinski definition) is 3. The Morgan fingerprint density at radius 1 is 1.43 bits per heavy atom. The van der Waals surface area contributed by atoms with Crippen molar-refractivity contribution in [3.63, 3.8) is 0 Å². The molecule has 0 unspecified atom stereocenters. The molecule has 0 aromatic rings. The number of rotatable bonds is 6. The van der Waals surface area contributed by atoms with Gasteiger partial charge in [-0.05, 0) is 47.3 Å². The lowest BCUT2D eigenvalue weighted by molar-refractivity contribution is -0.111. The molecule has 0 fully saturated rings. The fourth-order valence-corrected chi connectivity index (χ4v) is 1.36. The average Bonchev–Trinajstić information content (AvgIpc) is 1.95. The van der Waals surface area contributed by atoms with Crippen molar-refractivity contribution >= 4 is 17.7 Å². The Morgan fingerprint density at radius 3 is 2.43 bits per heavy atom. The molecule has 0 aliphatic rings. The molecule has 0 saturated carbocycles. The van der Waals surface area contributed by atoms with E-state index in [1.807, 2.05) is 11.9 Å². The summed E-state index contributed by atoms with van der Waals surface area (Å²) >= 11 is 3.73. The van der Waals surface area contributed by atoms with Gasteiger partial charge >= 0.3 is 0 Å². The van der Waals surface area contributed by atoms with Crippen LogP contribution in [0.5, 0.6) is 0 Å². The van der Waals surface area contributed by atoms with Crippen molar-refractivity contribution in [2.24, 2.45) is 0 Å². The molecule has 0 radical (unpaired) electrons. The minimum Gasteiger partial charge on any atom is -0.312 e. The Morgan fingerprint density at radius 2 is 2.00 bits per heavy atom. The fourth-order valence-electron chi connectivity index (χ4n) is 1.12. The Bertz CT molecular complexity index is 177. The number of carbonyl (C=O) groups excluding carboxylic acids is 1. The second-order valence-corrected chi connectivity index (χ2v) is 5.16. The summed E-state index contributed by atoms with van der Waals surface area (Å²) in [4.78, 5) is 12.6. The van der Waals surface area contributed by atoms with Gasteiger partial charge in [0.1, 0.15) is 0 Å². The minimum absolute atomic E-state index is 0.0729. The normalized spacial score (nSPS) is 12.1. The predicted molar refractivity (Wildman–Crippen MR) is 63.9 cm³/mol. The summed E-state index contributed by atoms with van der Waals surface area (Å²) in [6, 6.07) is 0. The highest BCUT2D eigenvalue weighted by Gasteiger charge is 2.08. The van der Waals surface area contributed by atoms with Crippen LogP contribution in [0.4, 0.5) is 0 Å². The maximum absolute atomic E-state index is 10.7. The lowest BCUT2D eigenvalue weighted by atomic mass is 10.1. The maximum atomic E-state index is 10.7. The molecule has 0 aromatic carbocycles. The van der Waals surface area contributed by atoms with Crippen LogP contribution in [-0.4, -0.2) is 42.2 Å². The van der Waals surface area contributed by atoms with Crippen molar-refractivity contribution in [3.05, 3.63) is 0 Å². The van der Waals surface area contributed by atoms with Crippen LogP contribution in [-0.2, 0) is 4.79 Å². The zero-order valence-corrected chi connectivity index (χ0v) is 10.5. The van der Waals surface area contributed by atoms with E-state index in [2.05, 4.69) is 38.7 Å². The second kappa shape index (κ2) is 6.43. The van der Waals surface area contributed by atoms with Gasteiger partial charge < -0.3 is 5.32 Å². The quantitative estimate of drug-likeness (QED) is 0.518. The predicted octanol–water partition coefficient (Wildman–Crippen LogP) is 1.15. The van der Waals surface area contributed by atoms with E-state index in [0.717, 1.165) is 19.5 Å². The summed E-state index contributed by atoms with van der Waals surface area (Å²) in [5, 5.41) is 3.33. The molecule has 1 N–H and O–H groups in total. The van der Waals surface area contributed by atoms with Crippen LogP contribution in [0.2, 0.25) is 0 Å². The van der Waals surface area contributed by atoms with Gasteiger partial charge in [0, 0.05) is 5.54 Å². The van der Waals surface area contributed by atoms with E-state index in [0.29, 0.717) is 6.54 Å². The number of hydrogen-bond donors (Lipinski definition) is 2. The third-order valence-electron chi connectivity index (χ3n) is 1.78. The highest BCUT2D eigenvalue weighted by Crippen LogP contribution is 1.98. The SMILES string of the molecule is CN(CCCNC(C)(C)C)CC(=O)S. The average molecular weight is 218 g/mol. The van der Waals surface area contributed by atoms with E-state index in [1.54, 1.807) is 0 Å². The van der Waals surface area contributed by atoms with Gasteiger partial charge in [-0.15, -0.1) is 12.6 Å². The lowest BCUT2D eigenvalue weighted by Gasteiger charge is -2.21. The molecular weight excluding hydrogens is 196 g/mol. The third kappa shape index (κ3) is 10.0. The first-order valence-corrected chi connectivity index (χ1v) is 5.41. The van der Waals surface area contributed by atoms with E-state index < -0.39 is 0 Å². The molecule has 0 atom stereocenters. The van der Waals surface area contributed by atoms with Crippen LogP contribution in [0.3, 0.4) is 0 Å². The first-order chi connectivity index (χ1) is 6.31. The fraction of sp³-hybridized carbons (Fsp3) is 0.900. The number of likely N-dealkylation sites (N-methyl/N-ethyl adjacent to an activating group) is 1. The zero-order chi connectivity index (χ0) is 11.2. The summed E-state index contributed by atoms with van der Waals surface area (Å²) in [6.07, 6.45) is 1.05. The summed E-state index contributed by atoms with van der Waals surface area (Å²) in [5.41, 5.74) is 0.179. The summed E-state index contributed by atoms with van der Waals surface area (Å²) in [5.74, 6) is 0. The number of nitrogens with zero attached hydrogens (tertiary/aromatic N) is 1. The Hall–Kier alpha value is -0.0600. The number of thiol groups is 1. The molecule has 14 heavy (non-hydrogen) atoms. The van der Waals surface area contributed by atoms with Crippen LogP contribution in [0, 0.1) is 0 Å². The third-order valence-corrected chi connectivity index (χ3v) is 1.92. The summed E-state index contributed by atoms with van der Waals surface area (Å²) in [7, 11) is 1.94. The monoisotopic (exact) mass is 218 g/mol. The standard InChI is InChI=1S/C10H22N2OS/c1-10(2,3)11-6-5-7-12(4)8-9(13)14/h11H,5-8H2,1-4H3,(H,13,14). The van der Waals surface area contributed by atoms with Gasteiger partial charge in [0.2, 0.25) is 0 Å². The van der Waals surface area contributed by atoms with E-state index in [9.17, 15) is 4.79 Å². The van der Waals surface area contributed by atoms with E-state index in [-0.39, 0.29) is 10.7 Å². The smallest absolute Gasteiger partial charge is 0.199 e. The molecule has 0 aliphatic carbocycles. The van der Waals surface area contributed by atoms with Crippen molar-refractivity contribution in [1.82, 2.24) is 10.2 Å². The van der Waals surface area contributed by atoms with Gasteiger partial charge in [0.05, 0.1) is 6.54 Å². The van der Waals surface area contributed by atoms with Crippen LogP contribution in [0.1, 0.15) is 27.2 Å². The highest BCUT2D eigenvalue weighted by molar-refractivity contribution is 7.96. The van der Waals surface area contributed by atoms with E-state index in [1.165, 1.54) is 0 Å². The maximum Gasteiger partial charge on any atom is 0.199 e. The molecule has 4 heteroatoms. The molecule has 0 bridgehead atoms. The minimum atomic E-state index is -0.0729. The highest BCUT2D eigenvalue weighted by atomic mass is 32.1. The van der Waals surface area contributed by atoms with Crippen molar-refractivity contribution in [3.8, 4) is 0 Å². The van der Waals surface area contributed by atoms with Gasteiger partial charge in [-0.1, -0.05) is 0 Å². The van der Waals surface area contributed by atoms with Crippen molar-refractivity contribution in [2.75, 3.05) is 26.7 Å². The molecule has 0 saturated heterocycles. The Labute approximate surface area is 92.7 Å². The number of carbonyl (C=O) groups is 1. The molecule has 0 aromatic heterocycles. The van der Waals surface area contributed by atoms with Crippen molar-refractivity contribution in [2.45, 2.75) is 32.7 Å². The van der Waals surface area contributed by atoms with Gasteiger partial charge in [-0.3, -0.25) is 9.69 Å². The van der Waals surface area contributed by atoms with Gasteiger partial charge in [-0.25, -0.2) is 0 Å². The Balaban J connectivity index is 3.41. The molecule has 3 nitrogen and oxygen atoms in total. The summed E-state index contributed by atoms with van der Waals surface area (Å²) in [6.45, 7) is 8.78. The summed E-state index contributed by atoms with van der Waals surface area (Å²) < 4.78 is 0. The van der Waals surface area contributed by atoms with Crippen molar-refractivity contribution in [1.29, 1.82) is 0 Å². The van der Waals surface area contributed by atoms with Gasteiger partial charge in [-0.2, -0.15) is 0 Å². The number of nitrogens with one attached hydrogen (secondary N) is 1. The molecule has 0 rings (SSSR count). The molecule has 84 valence electrons. The van der Waals surface area contributed by atoms with Crippen molar-refractivity contribution < 1.29 is 4.79 Å². The first-order valence-electron chi connectivity index (χ1n) is 4.96. The van der Waals surface area contributed by atoms with Gasteiger partial charge in [0.15, 0.2) is 5.12 Å². The topological polar surface area (TPSA) is 32.3 Å². The van der Waals surface area contributed by atoms with E-state index >= 15 is 0 Å². The molecule has 0 aliphatic heterocycles. The molecule has 0 amide bonds. The second-order valence-electron chi connectivity index (χ2n) is 4.66. The zero-order valence-electron chi connectivity index (χ0n) is 9.63. The Kier molecular flexibility index (Phi) is 6.40. The van der Waals surface area contributed by atoms with Crippen LogP contribution in [0.25, 0.3) is 0 Å². The lowest BCUT2D eigenvalue weighted by Crippen LogP contribution is -2.37. The van der Waals surface area contributed by atoms with Crippen LogP contribution >= 0.6 is 12.6 Å². The molecule has 0 spiro atoms.